The van der Waals surface area contributed by atoms with Gasteiger partial charge in [-0.2, -0.15) is 0 Å². The summed E-state index contributed by atoms with van der Waals surface area (Å²) >= 11 is 0. The third-order valence-electron chi connectivity index (χ3n) is 2.20. The summed E-state index contributed by atoms with van der Waals surface area (Å²) in [6, 6.07) is 3.63. The van der Waals surface area contributed by atoms with Gasteiger partial charge < -0.3 is 9.52 Å². The summed E-state index contributed by atoms with van der Waals surface area (Å²) in [6.45, 7) is 2.18. The molecule has 1 unspecified atom stereocenters. The highest BCUT2D eigenvalue weighted by molar-refractivity contribution is 5.01. The van der Waals surface area contributed by atoms with Crippen LogP contribution in [0.2, 0.25) is 0 Å². The summed E-state index contributed by atoms with van der Waals surface area (Å²) in [5.74, 6) is 0.691. The fraction of sp³-hybridized carbons (Fsp3) is 0.636. The normalized spacial score (nSPS) is 13.1. The van der Waals surface area contributed by atoms with E-state index in [-0.39, 0.29) is 0 Å². The Labute approximate surface area is 79.6 Å². The Kier molecular flexibility index (Phi) is 4.61. The first-order valence-corrected chi connectivity index (χ1v) is 5.06. The molecular formula is C11H18O2. The number of hydrogen-bond donors (Lipinski definition) is 1. The lowest BCUT2D eigenvalue weighted by atomic mass is 10.1. The average molecular weight is 182 g/mol. The maximum atomic E-state index is 9.61. The van der Waals surface area contributed by atoms with E-state index in [4.69, 9.17) is 4.42 Å². The molecule has 1 atom stereocenters. The zero-order valence-corrected chi connectivity index (χ0v) is 8.20. The van der Waals surface area contributed by atoms with E-state index >= 15 is 0 Å². The molecule has 1 aromatic heterocycles. The maximum absolute atomic E-state index is 9.61. The minimum atomic E-state index is -0.410. The molecule has 0 saturated heterocycles. The molecular weight excluding hydrogens is 164 g/mol. The summed E-state index contributed by atoms with van der Waals surface area (Å²) in [7, 11) is 0. The first-order chi connectivity index (χ1) is 6.34. The van der Waals surface area contributed by atoms with E-state index < -0.39 is 6.10 Å². The Morgan fingerprint density at radius 3 is 2.85 bits per heavy atom. The molecule has 74 valence electrons. The third-order valence-corrected chi connectivity index (χ3v) is 2.20. The molecule has 0 saturated carbocycles. The van der Waals surface area contributed by atoms with E-state index in [0.29, 0.717) is 5.76 Å². The van der Waals surface area contributed by atoms with Crippen LogP contribution in [0.4, 0.5) is 0 Å². The Morgan fingerprint density at radius 1 is 1.38 bits per heavy atom. The summed E-state index contributed by atoms with van der Waals surface area (Å²) in [5, 5.41) is 9.61. The van der Waals surface area contributed by atoms with Gasteiger partial charge in [0, 0.05) is 0 Å². The summed E-state index contributed by atoms with van der Waals surface area (Å²) < 4.78 is 5.10. The van der Waals surface area contributed by atoms with Crippen molar-refractivity contribution in [2.24, 2.45) is 0 Å². The summed E-state index contributed by atoms with van der Waals surface area (Å²) in [6.07, 6.45) is 6.77. The van der Waals surface area contributed by atoms with Crippen molar-refractivity contribution in [3.05, 3.63) is 24.2 Å². The number of unbranched alkanes of at least 4 members (excludes halogenated alkanes) is 3. The van der Waals surface area contributed by atoms with E-state index in [1.807, 2.05) is 12.1 Å². The minimum Gasteiger partial charge on any atom is -0.467 e. The molecule has 2 nitrogen and oxygen atoms in total. The summed E-state index contributed by atoms with van der Waals surface area (Å²) in [4.78, 5) is 0. The highest BCUT2D eigenvalue weighted by Crippen LogP contribution is 2.19. The second-order valence-corrected chi connectivity index (χ2v) is 3.38. The number of aliphatic hydroxyl groups is 1. The molecule has 1 heterocycles. The molecule has 13 heavy (non-hydrogen) atoms. The van der Waals surface area contributed by atoms with Gasteiger partial charge in [0.1, 0.15) is 11.9 Å². The molecule has 0 aliphatic heterocycles. The van der Waals surface area contributed by atoms with Gasteiger partial charge in [-0.1, -0.05) is 32.6 Å². The van der Waals surface area contributed by atoms with Gasteiger partial charge in [0.05, 0.1) is 6.26 Å². The van der Waals surface area contributed by atoms with Crippen LogP contribution in [0.15, 0.2) is 22.8 Å². The van der Waals surface area contributed by atoms with Crippen LogP contribution in [-0.2, 0) is 0 Å². The molecule has 1 rings (SSSR count). The van der Waals surface area contributed by atoms with Crippen LogP contribution in [-0.4, -0.2) is 5.11 Å². The van der Waals surface area contributed by atoms with Crippen molar-refractivity contribution in [3.8, 4) is 0 Å². The van der Waals surface area contributed by atoms with Crippen molar-refractivity contribution in [2.45, 2.75) is 45.1 Å². The standard InChI is InChI=1S/C11H18O2/c1-2-3-4-5-7-10(12)11-8-6-9-13-11/h6,8-10,12H,2-5,7H2,1H3. The second-order valence-electron chi connectivity index (χ2n) is 3.38. The van der Waals surface area contributed by atoms with Gasteiger partial charge in [-0.15, -0.1) is 0 Å². The van der Waals surface area contributed by atoms with Crippen molar-refractivity contribution in [2.75, 3.05) is 0 Å². The fourth-order valence-electron chi connectivity index (χ4n) is 1.39. The van der Waals surface area contributed by atoms with Crippen LogP contribution in [0.3, 0.4) is 0 Å². The molecule has 1 aromatic rings. The van der Waals surface area contributed by atoms with E-state index in [9.17, 15) is 5.11 Å². The minimum absolute atomic E-state index is 0.410. The van der Waals surface area contributed by atoms with Gasteiger partial charge in [0.15, 0.2) is 0 Å². The van der Waals surface area contributed by atoms with Crippen LogP contribution in [0.1, 0.15) is 50.9 Å². The Hall–Kier alpha value is -0.760. The molecule has 0 aromatic carbocycles. The number of rotatable bonds is 6. The van der Waals surface area contributed by atoms with Crippen molar-refractivity contribution >= 4 is 0 Å². The lowest BCUT2D eigenvalue weighted by molar-refractivity contribution is 0.137. The molecule has 0 aliphatic rings. The van der Waals surface area contributed by atoms with Crippen LogP contribution in [0.5, 0.6) is 0 Å². The van der Waals surface area contributed by atoms with Gasteiger partial charge in [-0.3, -0.25) is 0 Å². The predicted octanol–water partition coefficient (Wildman–Crippen LogP) is 3.28. The van der Waals surface area contributed by atoms with Gasteiger partial charge in [-0.25, -0.2) is 0 Å². The van der Waals surface area contributed by atoms with Crippen LogP contribution in [0, 0.1) is 0 Å². The quantitative estimate of drug-likeness (QED) is 0.685. The molecule has 0 aliphatic carbocycles. The summed E-state index contributed by atoms with van der Waals surface area (Å²) in [5.41, 5.74) is 0. The lowest BCUT2D eigenvalue weighted by Crippen LogP contribution is -1.94. The number of furan rings is 1. The zero-order valence-electron chi connectivity index (χ0n) is 8.20. The maximum Gasteiger partial charge on any atom is 0.132 e. The van der Waals surface area contributed by atoms with E-state index in [2.05, 4.69) is 6.92 Å². The highest BCUT2D eigenvalue weighted by atomic mass is 16.4. The number of hydrogen-bond acceptors (Lipinski definition) is 2. The molecule has 2 heteroatoms. The highest BCUT2D eigenvalue weighted by Gasteiger charge is 2.08. The molecule has 0 amide bonds. The lowest BCUT2D eigenvalue weighted by Gasteiger charge is -2.06. The monoisotopic (exact) mass is 182 g/mol. The predicted molar refractivity (Wildman–Crippen MR) is 52.4 cm³/mol. The Bertz CT molecular complexity index is 204. The van der Waals surface area contributed by atoms with E-state index in [1.165, 1.54) is 19.3 Å². The Morgan fingerprint density at radius 2 is 2.23 bits per heavy atom. The van der Waals surface area contributed by atoms with Crippen molar-refractivity contribution in [3.63, 3.8) is 0 Å². The van der Waals surface area contributed by atoms with Crippen LogP contribution >= 0.6 is 0 Å². The van der Waals surface area contributed by atoms with Crippen molar-refractivity contribution < 1.29 is 9.52 Å². The molecule has 1 N–H and O–H groups in total. The van der Waals surface area contributed by atoms with Crippen molar-refractivity contribution in [1.29, 1.82) is 0 Å². The van der Waals surface area contributed by atoms with Gasteiger partial charge >= 0.3 is 0 Å². The van der Waals surface area contributed by atoms with Crippen LogP contribution in [0.25, 0.3) is 0 Å². The molecule has 0 radical (unpaired) electrons. The SMILES string of the molecule is CCCCCCC(O)c1ccco1. The number of aliphatic hydroxyl groups excluding tert-OH is 1. The second kappa shape index (κ2) is 5.81. The van der Waals surface area contributed by atoms with Gasteiger partial charge in [-0.05, 0) is 18.6 Å². The topological polar surface area (TPSA) is 33.4 Å². The fourth-order valence-corrected chi connectivity index (χ4v) is 1.39. The zero-order chi connectivity index (χ0) is 9.52. The van der Waals surface area contributed by atoms with E-state index in [0.717, 1.165) is 12.8 Å². The third kappa shape index (κ3) is 3.64. The van der Waals surface area contributed by atoms with Gasteiger partial charge in [0.2, 0.25) is 0 Å². The average Bonchev–Trinajstić information content (AvgIpc) is 2.65. The van der Waals surface area contributed by atoms with E-state index in [1.54, 1.807) is 6.26 Å². The largest absolute Gasteiger partial charge is 0.467 e. The Balaban J connectivity index is 2.15. The smallest absolute Gasteiger partial charge is 0.132 e. The molecule has 0 spiro atoms. The molecule has 0 fully saturated rings. The molecule has 0 bridgehead atoms. The van der Waals surface area contributed by atoms with Crippen LogP contribution < -0.4 is 0 Å². The van der Waals surface area contributed by atoms with Gasteiger partial charge in [0.25, 0.3) is 0 Å². The first kappa shape index (κ1) is 10.3. The van der Waals surface area contributed by atoms with Crippen molar-refractivity contribution in [1.82, 2.24) is 0 Å². The first-order valence-electron chi connectivity index (χ1n) is 5.06.